The number of non-ortho nitro benzene ring substituents is 1. The van der Waals surface area contributed by atoms with Gasteiger partial charge in [0.25, 0.3) is 5.69 Å². The van der Waals surface area contributed by atoms with Crippen LogP contribution in [0.1, 0.15) is 29.2 Å². The predicted molar refractivity (Wildman–Crippen MR) is 111 cm³/mol. The molecule has 0 aliphatic carbocycles. The third-order valence-electron chi connectivity index (χ3n) is 5.54. The van der Waals surface area contributed by atoms with Crippen LogP contribution in [0, 0.1) is 17.0 Å². The SMILES string of the molecule is Cc1nn(-c2nc3ccccc3n2C)c2c1[C@H](c1cccc([N+](=O)[O-])c1)CC(=O)N2. The first-order valence-electron chi connectivity index (χ1n) is 9.49. The van der Waals surface area contributed by atoms with E-state index in [4.69, 9.17) is 0 Å². The molecule has 2 aromatic heterocycles. The molecule has 0 radical (unpaired) electrons. The van der Waals surface area contributed by atoms with E-state index in [0.29, 0.717) is 17.3 Å². The lowest BCUT2D eigenvalue weighted by Gasteiger charge is -2.24. The highest BCUT2D eigenvalue weighted by molar-refractivity contribution is 5.95. The number of nitrogens with zero attached hydrogens (tertiary/aromatic N) is 5. The molecule has 0 saturated carbocycles. The molecule has 4 aromatic rings. The molecule has 0 unspecified atom stereocenters. The monoisotopic (exact) mass is 402 g/mol. The Labute approximate surface area is 171 Å². The van der Waals surface area contributed by atoms with Gasteiger partial charge >= 0.3 is 0 Å². The van der Waals surface area contributed by atoms with Gasteiger partial charge in [-0.15, -0.1) is 0 Å². The maximum atomic E-state index is 12.6. The van der Waals surface area contributed by atoms with Gasteiger partial charge in [0.15, 0.2) is 0 Å². The van der Waals surface area contributed by atoms with Crippen LogP contribution in [0.3, 0.4) is 0 Å². The Bertz CT molecular complexity index is 1340. The summed E-state index contributed by atoms with van der Waals surface area (Å²) in [4.78, 5) is 28.0. The summed E-state index contributed by atoms with van der Waals surface area (Å²) in [5, 5.41) is 18.8. The number of aromatic nitrogens is 4. The summed E-state index contributed by atoms with van der Waals surface area (Å²) in [5.41, 5.74) is 4.09. The van der Waals surface area contributed by atoms with E-state index in [1.54, 1.807) is 10.7 Å². The first-order valence-corrected chi connectivity index (χ1v) is 9.49. The Morgan fingerprint density at radius 3 is 2.77 bits per heavy atom. The number of benzene rings is 2. The lowest BCUT2D eigenvalue weighted by atomic mass is 9.85. The molecule has 3 heterocycles. The van der Waals surface area contributed by atoms with Crippen LogP contribution in [0.15, 0.2) is 48.5 Å². The van der Waals surface area contributed by atoms with E-state index in [2.05, 4.69) is 15.4 Å². The van der Waals surface area contributed by atoms with E-state index in [-0.39, 0.29) is 23.9 Å². The molecule has 1 N–H and O–H groups in total. The lowest BCUT2D eigenvalue weighted by molar-refractivity contribution is -0.384. The summed E-state index contributed by atoms with van der Waals surface area (Å²) in [6.07, 6.45) is 0.198. The molecule has 0 spiro atoms. The maximum absolute atomic E-state index is 12.6. The van der Waals surface area contributed by atoms with E-state index in [9.17, 15) is 14.9 Å². The molecule has 2 aromatic carbocycles. The third-order valence-corrected chi connectivity index (χ3v) is 5.54. The van der Waals surface area contributed by atoms with Gasteiger partial charge in [0.2, 0.25) is 11.9 Å². The van der Waals surface area contributed by atoms with Gasteiger partial charge in [-0.3, -0.25) is 14.9 Å². The van der Waals surface area contributed by atoms with Crippen molar-refractivity contribution in [3.05, 3.63) is 75.5 Å². The number of hydrogen-bond acceptors (Lipinski definition) is 5. The Hall–Kier alpha value is -4.01. The number of nitro groups is 1. The molecule has 5 rings (SSSR count). The van der Waals surface area contributed by atoms with E-state index in [1.807, 2.05) is 48.9 Å². The zero-order valence-electron chi connectivity index (χ0n) is 16.4. The van der Waals surface area contributed by atoms with Gasteiger partial charge in [0.1, 0.15) is 5.82 Å². The summed E-state index contributed by atoms with van der Waals surface area (Å²) in [7, 11) is 1.90. The topological polar surface area (TPSA) is 108 Å². The average molecular weight is 402 g/mol. The normalized spacial score (nSPS) is 15.8. The van der Waals surface area contributed by atoms with Crippen molar-refractivity contribution >= 4 is 28.4 Å². The van der Waals surface area contributed by atoms with Crippen LogP contribution in [0.4, 0.5) is 11.5 Å². The highest BCUT2D eigenvalue weighted by atomic mass is 16.6. The smallest absolute Gasteiger partial charge is 0.269 e. The van der Waals surface area contributed by atoms with Gasteiger partial charge in [-0.2, -0.15) is 9.78 Å². The number of amides is 1. The maximum Gasteiger partial charge on any atom is 0.269 e. The quantitative estimate of drug-likeness (QED) is 0.417. The van der Waals surface area contributed by atoms with Crippen molar-refractivity contribution in [3.8, 4) is 5.95 Å². The highest BCUT2D eigenvalue weighted by Crippen LogP contribution is 2.41. The van der Waals surface area contributed by atoms with Crippen LogP contribution in [0.25, 0.3) is 17.0 Å². The molecule has 150 valence electrons. The number of imidazole rings is 1. The van der Waals surface area contributed by atoms with Gasteiger partial charge in [-0.05, 0) is 24.6 Å². The first-order chi connectivity index (χ1) is 14.4. The molecule has 1 aliphatic rings. The summed E-state index contributed by atoms with van der Waals surface area (Å²) in [5.74, 6) is 0.648. The largest absolute Gasteiger partial charge is 0.311 e. The van der Waals surface area contributed by atoms with Crippen molar-refractivity contribution in [2.24, 2.45) is 7.05 Å². The van der Waals surface area contributed by atoms with E-state index in [0.717, 1.165) is 22.3 Å². The van der Waals surface area contributed by atoms with Crippen molar-refractivity contribution in [1.29, 1.82) is 0 Å². The third kappa shape index (κ3) is 2.66. The number of carbonyl (C=O) groups excluding carboxylic acids is 1. The number of nitro benzene ring substituents is 1. The fraction of sp³-hybridized carbons (Fsp3) is 0.190. The molecule has 1 aliphatic heterocycles. The van der Waals surface area contributed by atoms with Crippen molar-refractivity contribution in [2.45, 2.75) is 19.3 Å². The Morgan fingerprint density at radius 2 is 2.00 bits per heavy atom. The summed E-state index contributed by atoms with van der Waals surface area (Å²) in [6, 6.07) is 14.2. The van der Waals surface area contributed by atoms with Gasteiger partial charge in [-0.1, -0.05) is 24.3 Å². The minimum atomic E-state index is -0.428. The van der Waals surface area contributed by atoms with E-state index >= 15 is 0 Å². The van der Waals surface area contributed by atoms with Crippen molar-refractivity contribution < 1.29 is 9.72 Å². The van der Waals surface area contributed by atoms with Crippen LogP contribution in [-0.2, 0) is 11.8 Å². The van der Waals surface area contributed by atoms with Crippen LogP contribution in [0.5, 0.6) is 0 Å². The Morgan fingerprint density at radius 1 is 1.20 bits per heavy atom. The zero-order valence-corrected chi connectivity index (χ0v) is 16.4. The van der Waals surface area contributed by atoms with Gasteiger partial charge in [0, 0.05) is 37.1 Å². The number of fused-ring (bicyclic) bond motifs is 2. The summed E-state index contributed by atoms with van der Waals surface area (Å²) >= 11 is 0. The second-order valence-corrected chi connectivity index (χ2v) is 7.38. The lowest BCUT2D eigenvalue weighted by Crippen LogP contribution is -2.25. The van der Waals surface area contributed by atoms with Crippen molar-refractivity contribution in [1.82, 2.24) is 19.3 Å². The van der Waals surface area contributed by atoms with Gasteiger partial charge < -0.3 is 9.88 Å². The van der Waals surface area contributed by atoms with E-state index in [1.165, 1.54) is 12.1 Å². The average Bonchev–Trinajstić information content (AvgIpc) is 3.24. The molecular formula is C21H18N6O3. The molecule has 9 heteroatoms. The number of nitrogens with one attached hydrogen (secondary N) is 1. The van der Waals surface area contributed by atoms with Crippen molar-refractivity contribution in [2.75, 3.05) is 5.32 Å². The molecule has 9 nitrogen and oxygen atoms in total. The van der Waals surface area contributed by atoms with Gasteiger partial charge in [-0.25, -0.2) is 4.98 Å². The molecule has 0 fully saturated rings. The van der Waals surface area contributed by atoms with Crippen LogP contribution < -0.4 is 5.32 Å². The van der Waals surface area contributed by atoms with E-state index < -0.39 is 4.92 Å². The van der Waals surface area contributed by atoms with Crippen molar-refractivity contribution in [3.63, 3.8) is 0 Å². The molecular weight excluding hydrogens is 384 g/mol. The van der Waals surface area contributed by atoms with Crippen LogP contribution >= 0.6 is 0 Å². The molecule has 30 heavy (non-hydrogen) atoms. The Balaban J connectivity index is 1.69. The van der Waals surface area contributed by atoms with Crippen LogP contribution in [0.2, 0.25) is 0 Å². The minimum Gasteiger partial charge on any atom is -0.311 e. The van der Waals surface area contributed by atoms with Crippen LogP contribution in [-0.4, -0.2) is 30.2 Å². The number of anilines is 1. The molecule has 0 bridgehead atoms. The zero-order chi connectivity index (χ0) is 21.0. The van der Waals surface area contributed by atoms with Gasteiger partial charge in [0.05, 0.1) is 21.7 Å². The number of hydrogen-bond donors (Lipinski definition) is 1. The molecule has 1 amide bonds. The number of carbonyl (C=O) groups is 1. The number of para-hydroxylation sites is 2. The summed E-state index contributed by atoms with van der Waals surface area (Å²) in [6.45, 7) is 1.87. The molecule has 0 saturated heterocycles. The predicted octanol–water partition coefficient (Wildman–Crippen LogP) is 3.45. The fourth-order valence-corrected chi connectivity index (χ4v) is 4.15. The number of aryl methyl sites for hydroxylation is 2. The highest BCUT2D eigenvalue weighted by Gasteiger charge is 2.34. The fourth-order valence-electron chi connectivity index (χ4n) is 4.15. The molecule has 1 atom stereocenters. The second kappa shape index (κ2) is 6.51. The Kier molecular flexibility index (Phi) is 3.92. The standard InChI is InChI=1S/C21H18N6O3/c1-12-19-15(13-6-5-7-14(10-13)27(29)30)11-18(28)23-20(19)26(24-12)21-22-16-8-3-4-9-17(16)25(21)2/h3-10,15H,11H2,1-2H3,(H,23,28)/t15-/m0/s1. The number of rotatable bonds is 3. The second-order valence-electron chi connectivity index (χ2n) is 7.38. The summed E-state index contributed by atoms with van der Waals surface area (Å²) < 4.78 is 3.57. The first kappa shape index (κ1) is 18.0. The minimum absolute atomic E-state index is 0.000396.